The Labute approximate surface area is 113 Å². The molecule has 0 saturated heterocycles. The number of hydrogen-bond acceptors (Lipinski definition) is 4. The summed E-state index contributed by atoms with van der Waals surface area (Å²) >= 11 is 0. The third kappa shape index (κ3) is 5.23. The van der Waals surface area contributed by atoms with E-state index in [1.165, 1.54) is 0 Å². The summed E-state index contributed by atoms with van der Waals surface area (Å²) in [6, 6.07) is 3.40. The van der Waals surface area contributed by atoms with E-state index in [1.807, 2.05) is 0 Å². The highest BCUT2D eigenvalue weighted by Gasteiger charge is 2.14. The second-order valence-corrected chi connectivity index (χ2v) is 4.76. The molecule has 0 bridgehead atoms. The van der Waals surface area contributed by atoms with Crippen LogP contribution in [0.2, 0.25) is 0 Å². The highest BCUT2D eigenvalue weighted by molar-refractivity contribution is 6.04. The van der Waals surface area contributed by atoms with E-state index >= 15 is 0 Å². The number of carbonyl (C=O) groups is 2. The van der Waals surface area contributed by atoms with Gasteiger partial charge in [0.2, 0.25) is 5.91 Å². The molecular formula is C13H21N3O3. The minimum absolute atomic E-state index is 0.128. The Balaban J connectivity index is 2.39. The molecule has 19 heavy (non-hydrogen) atoms. The summed E-state index contributed by atoms with van der Waals surface area (Å²) in [4.78, 5) is 25.2. The van der Waals surface area contributed by atoms with Crippen molar-refractivity contribution in [2.45, 2.75) is 19.4 Å². The van der Waals surface area contributed by atoms with Crippen molar-refractivity contribution >= 4 is 11.8 Å². The molecule has 0 aromatic carbocycles. The first kappa shape index (κ1) is 15.4. The Morgan fingerprint density at radius 1 is 1.53 bits per heavy atom. The number of rotatable bonds is 6. The van der Waals surface area contributed by atoms with Gasteiger partial charge in [0, 0.05) is 19.8 Å². The standard InChI is InChI=1S/C13H21N3O3/c1-10(17)6-8-15(2)9-12(18)14-13(19)11-5-4-7-16(11)3/h4-5,7,10,17H,6,8-9H2,1-3H3,(H,14,18,19). The molecule has 6 nitrogen and oxygen atoms in total. The molecule has 0 saturated carbocycles. The molecule has 0 fully saturated rings. The number of imide groups is 1. The summed E-state index contributed by atoms with van der Waals surface area (Å²) in [5.74, 6) is -0.749. The molecule has 0 aliphatic rings. The summed E-state index contributed by atoms with van der Waals surface area (Å²) in [5, 5.41) is 11.5. The van der Waals surface area contributed by atoms with Gasteiger partial charge in [0.05, 0.1) is 12.6 Å². The maximum Gasteiger partial charge on any atom is 0.274 e. The van der Waals surface area contributed by atoms with Gasteiger partial charge in [-0.25, -0.2) is 0 Å². The van der Waals surface area contributed by atoms with Gasteiger partial charge in [0.15, 0.2) is 0 Å². The highest BCUT2D eigenvalue weighted by atomic mass is 16.3. The van der Waals surface area contributed by atoms with E-state index in [0.717, 1.165) is 0 Å². The van der Waals surface area contributed by atoms with Crippen LogP contribution in [0.25, 0.3) is 0 Å². The molecule has 1 rings (SSSR count). The molecule has 106 valence electrons. The van der Waals surface area contributed by atoms with Gasteiger partial charge in [-0.2, -0.15) is 0 Å². The van der Waals surface area contributed by atoms with E-state index in [0.29, 0.717) is 18.7 Å². The van der Waals surface area contributed by atoms with Crippen molar-refractivity contribution in [3.05, 3.63) is 24.0 Å². The molecule has 2 amide bonds. The van der Waals surface area contributed by atoms with E-state index < -0.39 is 12.0 Å². The topological polar surface area (TPSA) is 74.6 Å². The molecule has 0 aliphatic carbocycles. The normalized spacial score (nSPS) is 12.5. The monoisotopic (exact) mass is 267 g/mol. The molecule has 2 N–H and O–H groups in total. The van der Waals surface area contributed by atoms with Crippen LogP contribution in [0.3, 0.4) is 0 Å². The van der Waals surface area contributed by atoms with Gasteiger partial charge in [-0.1, -0.05) is 0 Å². The molecular weight excluding hydrogens is 246 g/mol. The van der Waals surface area contributed by atoms with Crippen molar-refractivity contribution < 1.29 is 14.7 Å². The zero-order valence-corrected chi connectivity index (χ0v) is 11.6. The van der Waals surface area contributed by atoms with Crippen molar-refractivity contribution in [1.29, 1.82) is 0 Å². The van der Waals surface area contributed by atoms with E-state index in [2.05, 4.69) is 5.32 Å². The van der Waals surface area contributed by atoms with Gasteiger partial charge in [-0.05, 0) is 32.5 Å². The van der Waals surface area contributed by atoms with Crippen molar-refractivity contribution in [3.8, 4) is 0 Å². The van der Waals surface area contributed by atoms with Crippen LogP contribution in [-0.4, -0.2) is 52.6 Å². The first-order valence-corrected chi connectivity index (χ1v) is 6.22. The lowest BCUT2D eigenvalue weighted by Crippen LogP contribution is -2.39. The van der Waals surface area contributed by atoms with E-state index in [1.54, 1.807) is 48.8 Å². The van der Waals surface area contributed by atoms with E-state index in [-0.39, 0.29) is 12.5 Å². The van der Waals surface area contributed by atoms with E-state index in [9.17, 15) is 9.59 Å². The van der Waals surface area contributed by atoms with Crippen LogP contribution in [0.15, 0.2) is 18.3 Å². The zero-order valence-electron chi connectivity index (χ0n) is 11.6. The summed E-state index contributed by atoms with van der Waals surface area (Å²) < 4.78 is 1.65. The lowest BCUT2D eigenvalue weighted by atomic mass is 10.3. The summed E-state index contributed by atoms with van der Waals surface area (Å²) in [7, 11) is 3.52. The number of nitrogens with one attached hydrogen (secondary N) is 1. The van der Waals surface area contributed by atoms with Gasteiger partial charge >= 0.3 is 0 Å². The predicted molar refractivity (Wildman–Crippen MR) is 71.7 cm³/mol. The fourth-order valence-corrected chi connectivity index (χ4v) is 1.66. The zero-order chi connectivity index (χ0) is 14.4. The number of nitrogens with zero attached hydrogens (tertiary/aromatic N) is 2. The number of aliphatic hydroxyl groups is 1. The molecule has 0 spiro atoms. The number of likely N-dealkylation sites (N-methyl/N-ethyl adjacent to an activating group) is 1. The Hall–Kier alpha value is -1.66. The number of carbonyl (C=O) groups excluding carboxylic acids is 2. The van der Waals surface area contributed by atoms with Gasteiger partial charge in [-0.3, -0.25) is 19.8 Å². The number of aliphatic hydroxyl groups excluding tert-OH is 1. The second kappa shape index (κ2) is 7.06. The lowest BCUT2D eigenvalue weighted by Gasteiger charge is -2.16. The molecule has 0 aliphatic heterocycles. The summed E-state index contributed by atoms with van der Waals surface area (Å²) in [6.45, 7) is 2.43. The van der Waals surface area contributed by atoms with Crippen LogP contribution in [0, 0.1) is 0 Å². The highest BCUT2D eigenvalue weighted by Crippen LogP contribution is 1.99. The summed E-state index contributed by atoms with van der Waals surface area (Å²) in [5.41, 5.74) is 0.444. The Morgan fingerprint density at radius 2 is 2.21 bits per heavy atom. The van der Waals surface area contributed by atoms with Gasteiger partial charge < -0.3 is 9.67 Å². The van der Waals surface area contributed by atoms with Crippen LogP contribution >= 0.6 is 0 Å². The minimum Gasteiger partial charge on any atom is -0.393 e. The maximum absolute atomic E-state index is 11.8. The lowest BCUT2D eigenvalue weighted by molar-refractivity contribution is -0.121. The molecule has 1 aromatic rings. The molecule has 1 heterocycles. The molecule has 0 radical (unpaired) electrons. The van der Waals surface area contributed by atoms with Crippen molar-refractivity contribution in [1.82, 2.24) is 14.8 Å². The van der Waals surface area contributed by atoms with Crippen LogP contribution in [0.4, 0.5) is 0 Å². The minimum atomic E-state index is -0.401. The third-order valence-corrected chi connectivity index (χ3v) is 2.77. The molecule has 1 unspecified atom stereocenters. The quantitative estimate of drug-likeness (QED) is 0.760. The number of amides is 2. The molecule has 1 atom stereocenters. The fraction of sp³-hybridized carbons (Fsp3) is 0.538. The number of aromatic nitrogens is 1. The molecule has 6 heteroatoms. The average Bonchev–Trinajstić information content (AvgIpc) is 2.72. The predicted octanol–water partition coefficient (Wildman–Crippen LogP) is -0.0158. The molecule has 1 aromatic heterocycles. The first-order chi connectivity index (χ1) is 8.90. The van der Waals surface area contributed by atoms with Crippen molar-refractivity contribution in [3.63, 3.8) is 0 Å². The first-order valence-electron chi connectivity index (χ1n) is 6.22. The van der Waals surface area contributed by atoms with Crippen molar-refractivity contribution in [2.24, 2.45) is 7.05 Å². The Morgan fingerprint density at radius 3 is 2.74 bits per heavy atom. The maximum atomic E-state index is 11.8. The second-order valence-electron chi connectivity index (χ2n) is 4.76. The van der Waals surface area contributed by atoms with Crippen LogP contribution < -0.4 is 5.32 Å². The smallest absolute Gasteiger partial charge is 0.274 e. The fourth-order valence-electron chi connectivity index (χ4n) is 1.66. The third-order valence-electron chi connectivity index (χ3n) is 2.77. The SMILES string of the molecule is CC(O)CCN(C)CC(=O)NC(=O)c1cccn1C. The van der Waals surface area contributed by atoms with Gasteiger partial charge in [0.1, 0.15) is 5.69 Å². The van der Waals surface area contributed by atoms with Crippen LogP contribution in [0.1, 0.15) is 23.8 Å². The average molecular weight is 267 g/mol. The van der Waals surface area contributed by atoms with E-state index in [4.69, 9.17) is 5.11 Å². The Kier molecular flexibility index (Phi) is 5.72. The van der Waals surface area contributed by atoms with Crippen molar-refractivity contribution in [2.75, 3.05) is 20.1 Å². The largest absolute Gasteiger partial charge is 0.393 e. The Bertz CT molecular complexity index is 440. The number of hydrogen-bond donors (Lipinski definition) is 2. The summed E-state index contributed by atoms with van der Waals surface area (Å²) in [6.07, 6.45) is 1.94. The van der Waals surface area contributed by atoms with Gasteiger partial charge in [0.25, 0.3) is 5.91 Å². The van der Waals surface area contributed by atoms with Crippen LogP contribution in [0.5, 0.6) is 0 Å². The number of aryl methyl sites for hydroxylation is 1. The van der Waals surface area contributed by atoms with Crippen LogP contribution in [-0.2, 0) is 11.8 Å². The van der Waals surface area contributed by atoms with Gasteiger partial charge in [-0.15, -0.1) is 0 Å².